The second kappa shape index (κ2) is 5.81. The molecule has 0 fully saturated rings. The van der Waals surface area contributed by atoms with E-state index in [0.717, 1.165) is 6.42 Å². The van der Waals surface area contributed by atoms with Gasteiger partial charge in [-0.3, -0.25) is 9.89 Å². The molecule has 0 radical (unpaired) electrons. The predicted octanol–water partition coefficient (Wildman–Crippen LogP) is 0.986. The fourth-order valence-electron chi connectivity index (χ4n) is 1.59. The number of carboxylic acid groups (broad SMARTS) is 1. The molecule has 1 aromatic heterocycles. The molecular weight excluding hydrogens is 248 g/mol. The second-order valence-corrected chi connectivity index (χ2v) is 5.47. The van der Waals surface area contributed by atoms with Gasteiger partial charge in [0.05, 0.1) is 0 Å². The normalized spacial score (nSPS) is 13.1. The van der Waals surface area contributed by atoms with E-state index in [-0.39, 0.29) is 5.82 Å². The molecule has 0 unspecified atom stereocenters. The van der Waals surface area contributed by atoms with Gasteiger partial charge in [0.2, 0.25) is 5.82 Å². The summed E-state index contributed by atoms with van der Waals surface area (Å²) in [4.78, 5) is 27.1. The van der Waals surface area contributed by atoms with Crippen LogP contribution in [0.3, 0.4) is 0 Å². The van der Waals surface area contributed by atoms with E-state index < -0.39 is 23.3 Å². The number of hydrogen-bond acceptors (Lipinski definition) is 4. The molecule has 0 saturated heterocycles. The number of amides is 1. The van der Waals surface area contributed by atoms with E-state index in [2.05, 4.69) is 20.5 Å². The first kappa shape index (κ1) is 15.1. The lowest BCUT2D eigenvalue weighted by Gasteiger charge is -2.27. The van der Waals surface area contributed by atoms with E-state index in [4.69, 9.17) is 5.11 Å². The number of aromatic amines is 1. The summed E-state index contributed by atoms with van der Waals surface area (Å²) in [6.07, 6.45) is 1.58. The Hall–Kier alpha value is -1.92. The molecule has 1 atom stereocenters. The van der Waals surface area contributed by atoms with Crippen molar-refractivity contribution in [2.24, 2.45) is 5.41 Å². The van der Waals surface area contributed by atoms with Gasteiger partial charge in [-0.1, -0.05) is 27.7 Å². The molecule has 1 heterocycles. The molecule has 7 nitrogen and oxygen atoms in total. The molecule has 19 heavy (non-hydrogen) atoms. The topological polar surface area (TPSA) is 108 Å². The molecule has 0 aliphatic carbocycles. The first-order chi connectivity index (χ1) is 8.75. The van der Waals surface area contributed by atoms with Crippen LogP contribution in [-0.2, 0) is 11.2 Å². The van der Waals surface area contributed by atoms with Gasteiger partial charge in [-0.15, -0.1) is 5.10 Å². The molecule has 1 aromatic rings. The van der Waals surface area contributed by atoms with Gasteiger partial charge in [0.1, 0.15) is 11.9 Å². The Bertz CT molecular complexity index is 462. The number of aromatic nitrogens is 3. The van der Waals surface area contributed by atoms with Gasteiger partial charge in [0.15, 0.2) is 0 Å². The molecule has 7 heteroatoms. The molecule has 3 N–H and O–H groups in total. The van der Waals surface area contributed by atoms with Gasteiger partial charge in [-0.25, -0.2) is 9.78 Å². The fraction of sp³-hybridized carbons (Fsp3) is 0.667. The minimum Gasteiger partial charge on any atom is -0.480 e. The lowest BCUT2D eigenvalue weighted by atomic mass is 9.87. The first-order valence-electron chi connectivity index (χ1n) is 6.20. The maximum absolute atomic E-state index is 11.9. The summed E-state index contributed by atoms with van der Waals surface area (Å²) >= 11 is 0. The van der Waals surface area contributed by atoms with Gasteiger partial charge >= 0.3 is 5.97 Å². The lowest BCUT2D eigenvalue weighted by Crippen LogP contribution is -2.49. The maximum atomic E-state index is 11.9. The molecule has 1 rings (SSSR count). The van der Waals surface area contributed by atoms with Crippen molar-refractivity contribution in [2.45, 2.75) is 46.6 Å². The van der Waals surface area contributed by atoms with E-state index in [0.29, 0.717) is 12.2 Å². The number of hydrogen-bond donors (Lipinski definition) is 3. The Kier molecular flexibility index (Phi) is 4.63. The van der Waals surface area contributed by atoms with Crippen LogP contribution < -0.4 is 5.32 Å². The fourth-order valence-corrected chi connectivity index (χ4v) is 1.59. The smallest absolute Gasteiger partial charge is 0.326 e. The highest BCUT2D eigenvalue weighted by atomic mass is 16.4. The van der Waals surface area contributed by atoms with Crippen LogP contribution in [0.4, 0.5) is 0 Å². The molecular formula is C12H20N4O3. The number of H-pyrrole nitrogens is 1. The van der Waals surface area contributed by atoms with Gasteiger partial charge in [-0.2, -0.15) is 0 Å². The molecule has 0 aliphatic heterocycles. The van der Waals surface area contributed by atoms with Crippen molar-refractivity contribution in [1.29, 1.82) is 0 Å². The number of rotatable bonds is 5. The highest BCUT2D eigenvalue weighted by Gasteiger charge is 2.33. The summed E-state index contributed by atoms with van der Waals surface area (Å²) in [6.45, 7) is 7.22. The van der Waals surface area contributed by atoms with Gasteiger partial charge < -0.3 is 10.4 Å². The number of nitrogens with zero attached hydrogens (tertiary/aromatic N) is 2. The van der Waals surface area contributed by atoms with Crippen LogP contribution in [0.5, 0.6) is 0 Å². The van der Waals surface area contributed by atoms with Crippen molar-refractivity contribution < 1.29 is 14.7 Å². The van der Waals surface area contributed by atoms with Crippen LogP contribution in [-0.4, -0.2) is 38.2 Å². The molecule has 0 spiro atoms. The monoisotopic (exact) mass is 268 g/mol. The molecule has 106 valence electrons. The minimum atomic E-state index is -1.08. The Labute approximate surface area is 111 Å². The first-order valence-corrected chi connectivity index (χ1v) is 6.20. The van der Waals surface area contributed by atoms with Gasteiger partial charge in [0.25, 0.3) is 5.91 Å². The highest BCUT2D eigenvalue weighted by molar-refractivity contribution is 5.93. The standard InChI is InChI=1S/C12H20N4O3/c1-5-6-7-13-9(16-15-7)10(17)14-8(11(18)19)12(2,3)4/h8H,5-6H2,1-4H3,(H,14,17)(H,18,19)(H,13,15,16)/t8-/m1/s1. The summed E-state index contributed by atoms with van der Waals surface area (Å²) in [5, 5.41) is 18.0. The average Bonchev–Trinajstić information content (AvgIpc) is 2.72. The largest absolute Gasteiger partial charge is 0.480 e. The Morgan fingerprint density at radius 1 is 1.42 bits per heavy atom. The van der Waals surface area contributed by atoms with Gasteiger partial charge in [-0.05, 0) is 11.8 Å². The summed E-state index contributed by atoms with van der Waals surface area (Å²) in [6, 6.07) is -0.992. The molecule has 0 saturated carbocycles. The van der Waals surface area contributed by atoms with Crippen molar-refractivity contribution in [1.82, 2.24) is 20.5 Å². The third-order valence-electron chi connectivity index (χ3n) is 2.61. The van der Waals surface area contributed by atoms with Crippen LogP contribution >= 0.6 is 0 Å². The summed E-state index contributed by atoms with van der Waals surface area (Å²) < 4.78 is 0. The Morgan fingerprint density at radius 2 is 2.05 bits per heavy atom. The van der Waals surface area contributed by atoms with Crippen LogP contribution in [0.2, 0.25) is 0 Å². The zero-order chi connectivity index (χ0) is 14.6. The quantitative estimate of drug-likeness (QED) is 0.738. The van der Waals surface area contributed by atoms with Crippen LogP contribution in [0, 0.1) is 5.41 Å². The van der Waals surface area contributed by atoms with Crippen molar-refractivity contribution in [3.05, 3.63) is 11.6 Å². The minimum absolute atomic E-state index is 0.0288. The van der Waals surface area contributed by atoms with E-state index in [1.165, 1.54) is 0 Å². The summed E-state index contributed by atoms with van der Waals surface area (Å²) in [5.74, 6) is -1.07. The highest BCUT2D eigenvalue weighted by Crippen LogP contribution is 2.19. The predicted molar refractivity (Wildman–Crippen MR) is 68.7 cm³/mol. The molecule has 1 amide bonds. The molecule has 0 bridgehead atoms. The number of carboxylic acids is 1. The summed E-state index contributed by atoms with van der Waals surface area (Å²) in [7, 11) is 0. The van der Waals surface area contributed by atoms with Crippen molar-refractivity contribution in [3.63, 3.8) is 0 Å². The van der Waals surface area contributed by atoms with Crippen molar-refractivity contribution in [3.8, 4) is 0 Å². The van der Waals surface area contributed by atoms with Crippen LogP contribution in [0.25, 0.3) is 0 Å². The number of carbonyl (C=O) groups excluding carboxylic acids is 1. The zero-order valence-corrected chi connectivity index (χ0v) is 11.6. The third-order valence-corrected chi connectivity index (χ3v) is 2.61. The van der Waals surface area contributed by atoms with Crippen molar-refractivity contribution >= 4 is 11.9 Å². The number of aliphatic carboxylic acids is 1. The molecule has 0 aliphatic rings. The molecule has 0 aromatic carbocycles. The van der Waals surface area contributed by atoms with Gasteiger partial charge in [0, 0.05) is 6.42 Å². The summed E-state index contributed by atoms with van der Waals surface area (Å²) in [5.41, 5.74) is -0.593. The second-order valence-electron chi connectivity index (χ2n) is 5.47. The number of nitrogens with one attached hydrogen (secondary N) is 2. The number of carbonyl (C=O) groups is 2. The SMILES string of the molecule is CCCc1nc(C(=O)N[C@H](C(=O)O)C(C)(C)C)n[nH]1. The number of aryl methyl sites for hydroxylation is 1. The van der Waals surface area contributed by atoms with E-state index in [1.54, 1.807) is 20.8 Å². The zero-order valence-electron chi connectivity index (χ0n) is 11.6. The lowest BCUT2D eigenvalue weighted by molar-refractivity contribution is -0.142. The van der Waals surface area contributed by atoms with Crippen molar-refractivity contribution in [2.75, 3.05) is 0 Å². The third kappa shape index (κ3) is 4.04. The maximum Gasteiger partial charge on any atom is 0.326 e. The van der Waals surface area contributed by atoms with E-state index in [9.17, 15) is 9.59 Å². The van der Waals surface area contributed by atoms with Crippen LogP contribution in [0.1, 0.15) is 50.6 Å². The Balaban J connectivity index is 2.79. The van der Waals surface area contributed by atoms with E-state index in [1.807, 2.05) is 6.92 Å². The van der Waals surface area contributed by atoms with Crippen LogP contribution in [0.15, 0.2) is 0 Å². The average molecular weight is 268 g/mol. The van der Waals surface area contributed by atoms with E-state index >= 15 is 0 Å². The Morgan fingerprint density at radius 3 is 2.53 bits per heavy atom.